The summed E-state index contributed by atoms with van der Waals surface area (Å²) >= 11 is 0. The third kappa shape index (κ3) is 5.41. The molecule has 0 amide bonds. The molecule has 6 N–H and O–H groups in total. The smallest absolute Gasteiger partial charge is 0.387 e. The van der Waals surface area contributed by atoms with Crippen LogP contribution in [-0.2, 0) is 23.1 Å². The lowest BCUT2D eigenvalue weighted by molar-refractivity contribution is -0.220. The summed E-state index contributed by atoms with van der Waals surface area (Å²) in [5.74, 6) is 0. The van der Waals surface area contributed by atoms with Gasteiger partial charge >= 0.3 is 7.82 Å². The van der Waals surface area contributed by atoms with Gasteiger partial charge in [-0.1, -0.05) is 0 Å². The summed E-state index contributed by atoms with van der Waals surface area (Å²) in [7, 11) is -2.03. The van der Waals surface area contributed by atoms with E-state index < -0.39 is 50.6 Å². The van der Waals surface area contributed by atoms with Crippen molar-refractivity contribution in [3.05, 3.63) is 0 Å². The molecule has 8 atom stereocenters. The number of phosphoric ester groups is 1. The van der Waals surface area contributed by atoms with Crippen molar-refractivity contribution in [2.75, 3.05) is 27.4 Å². The van der Waals surface area contributed by atoms with Gasteiger partial charge in [0.05, 0.1) is 13.2 Å². The maximum atomic E-state index is 11.9. The molecule has 11 nitrogen and oxygen atoms in total. The lowest BCUT2D eigenvalue weighted by Crippen LogP contribution is -2.64. The van der Waals surface area contributed by atoms with Gasteiger partial charge in [-0.25, -0.2) is 4.57 Å². The maximum Gasteiger partial charge on any atom is 0.472 e. The topological polar surface area (TPSA) is 175 Å². The van der Waals surface area contributed by atoms with Crippen molar-refractivity contribution in [1.29, 1.82) is 0 Å². The molecule has 0 radical (unpaired) electrons. The average Bonchev–Trinajstić information content (AvgIpc) is 2.51. The third-order valence-electron chi connectivity index (χ3n) is 3.44. The molecule has 23 heavy (non-hydrogen) atoms. The number of methoxy groups -OCH3 is 2. The van der Waals surface area contributed by atoms with Crippen LogP contribution in [-0.4, -0.2) is 101 Å². The van der Waals surface area contributed by atoms with E-state index in [0.717, 1.165) is 0 Å². The molecule has 0 bridgehead atoms. The first-order valence-electron chi connectivity index (χ1n) is 6.72. The largest absolute Gasteiger partial charge is 0.472 e. The summed E-state index contributed by atoms with van der Waals surface area (Å²) in [6.07, 6.45) is -11.9. The van der Waals surface area contributed by atoms with Crippen LogP contribution in [0.3, 0.4) is 0 Å². The van der Waals surface area contributed by atoms with Crippen LogP contribution < -0.4 is 0 Å². The average molecular weight is 362 g/mol. The van der Waals surface area contributed by atoms with Gasteiger partial charge in [-0.05, 0) is 0 Å². The Balaban J connectivity index is 2.69. The normalized spacial score (nSPS) is 39.0. The second-order valence-corrected chi connectivity index (χ2v) is 6.51. The van der Waals surface area contributed by atoms with Crippen LogP contribution >= 0.6 is 7.82 Å². The standard InChI is InChI=1S/C11H23O11P/c1-19-3-5(20-2)4-21-23(17,18)22-11-9(15)7(13)6(12)8(14)10(11)16/h5-16H,3-4H2,1-2H3,(H,17,18)/t5?,6-,7-,8+,9-,10-,11-/m1/s1. The van der Waals surface area contributed by atoms with Gasteiger partial charge in [0.15, 0.2) is 0 Å². The van der Waals surface area contributed by atoms with Crippen molar-refractivity contribution in [3.8, 4) is 0 Å². The summed E-state index contributed by atoms with van der Waals surface area (Å²) in [5.41, 5.74) is 0. The van der Waals surface area contributed by atoms with E-state index in [0.29, 0.717) is 0 Å². The Bertz CT molecular complexity index is 391. The summed E-state index contributed by atoms with van der Waals surface area (Å²) in [5, 5.41) is 47.9. The van der Waals surface area contributed by atoms with Gasteiger partial charge < -0.3 is 39.9 Å². The molecule has 1 rings (SSSR count). The summed E-state index contributed by atoms with van der Waals surface area (Å²) < 4.78 is 30.9. The molecule has 1 aliphatic carbocycles. The van der Waals surface area contributed by atoms with Gasteiger partial charge in [-0.15, -0.1) is 0 Å². The van der Waals surface area contributed by atoms with E-state index >= 15 is 0 Å². The van der Waals surface area contributed by atoms with Crippen molar-refractivity contribution < 1.29 is 53.5 Å². The van der Waals surface area contributed by atoms with E-state index in [1.54, 1.807) is 0 Å². The third-order valence-corrected chi connectivity index (χ3v) is 4.42. The lowest BCUT2D eigenvalue weighted by atomic mass is 9.85. The predicted molar refractivity (Wildman–Crippen MR) is 73.4 cm³/mol. The van der Waals surface area contributed by atoms with Crippen molar-refractivity contribution in [2.45, 2.75) is 42.7 Å². The minimum absolute atomic E-state index is 0.0782. The second kappa shape index (κ2) is 8.79. The zero-order valence-electron chi connectivity index (χ0n) is 12.6. The van der Waals surface area contributed by atoms with Crippen LogP contribution in [0.5, 0.6) is 0 Å². The number of aliphatic hydroxyl groups excluding tert-OH is 5. The SMILES string of the molecule is COCC(COP(=O)(O)O[C@@H]1[C@H](O)[C@H](O)[C@@H](O)[C@H](O)[C@H]1O)OC. The predicted octanol–water partition coefficient (Wildman–Crippen LogP) is -3.03. The molecule has 0 saturated heterocycles. The highest BCUT2D eigenvalue weighted by molar-refractivity contribution is 7.47. The minimum atomic E-state index is -4.76. The Labute approximate surface area is 132 Å². The number of phosphoric acid groups is 1. The lowest BCUT2D eigenvalue weighted by Gasteiger charge is -2.41. The van der Waals surface area contributed by atoms with E-state index in [9.17, 15) is 35.0 Å². The van der Waals surface area contributed by atoms with Crippen molar-refractivity contribution in [1.82, 2.24) is 0 Å². The molecular formula is C11H23O11P. The van der Waals surface area contributed by atoms with E-state index in [1.807, 2.05) is 0 Å². The number of rotatable bonds is 8. The molecule has 0 spiro atoms. The van der Waals surface area contributed by atoms with E-state index in [4.69, 9.17) is 9.47 Å². The van der Waals surface area contributed by atoms with Crippen molar-refractivity contribution >= 4 is 7.82 Å². The molecule has 0 aliphatic heterocycles. The van der Waals surface area contributed by atoms with Crippen LogP contribution in [0.4, 0.5) is 0 Å². The van der Waals surface area contributed by atoms with Gasteiger partial charge in [-0.3, -0.25) is 9.05 Å². The first-order valence-corrected chi connectivity index (χ1v) is 8.22. The van der Waals surface area contributed by atoms with Gasteiger partial charge in [0.2, 0.25) is 0 Å². The van der Waals surface area contributed by atoms with Gasteiger partial charge in [0, 0.05) is 14.2 Å². The molecule has 0 aromatic heterocycles. The molecule has 0 heterocycles. The van der Waals surface area contributed by atoms with Crippen LogP contribution in [0.15, 0.2) is 0 Å². The van der Waals surface area contributed by atoms with Crippen LogP contribution in [0, 0.1) is 0 Å². The molecule has 1 saturated carbocycles. The van der Waals surface area contributed by atoms with Crippen molar-refractivity contribution in [3.63, 3.8) is 0 Å². The number of aliphatic hydroxyl groups is 5. The molecule has 1 aliphatic rings. The highest BCUT2D eigenvalue weighted by Gasteiger charge is 2.51. The first kappa shape index (κ1) is 20.9. The number of hydrogen-bond donors (Lipinski definition) is 6. The second-order valence-electron chi connectivity index (χ2n) is 5.10. The Morgan fingerprint density at radius 1 is 0.913 bits per heavy atom. The molecule has 1 fully saturated rings. The Morgan fingerprint density at radius 2 is 1.39 bits per heavy atom. The highest BCUT2D eigenvalue weighted by Crippen LogP contribution is 2.47. The fraction of sp³-hybridized carbons (Fsp3) is 1.00. The molecule has 0 aromatic carbocycles. The monoisotopic (exact) mass is 362 g/mol. The van der Waals surface area contributed by atoms with Crippen molar-refractivity contribution in [2.24, 2.45) is 0 Å². The van der Waals surface area contributed by atoms with Crippen LogP contribution in [0.25, 0.3) is 0 Å². The van der Waals surface area contributed by atoms with Gasteiger partial charge in [0.25, 0.3) is 0 Å². The molecule has 138 valence electrons. The van der Waals surface area contributed by atoms with Gasteiger partial charge in [0.1, 0.15) is 42.7 Å². The highest BCUT2D eigenvalue weighted by atomic mass is 31.2. The summed E-state index contributed by atoms with van der Waals surface area (Å²) in [6.45, 7) is -0.306. The van der Waals surface area contributed by atoms with Crippen LogP contribution in [0.2, 0.25) is 0 Å². The van der Waals surface area contributed by atoms with E-state index in [1.165, 1.54) is 14.2 Å². The van der Waals surface area contributed by atoms with E-state index in [2.05, 4.69) is 9.05 Å². The Hall–Kier alpha value is -0.170. The zero-order chi connectivity index (χ0) is 17.8. The first-order chi connectivity index (χ1) is 10.6. The quantitative estimate of drug-likeness (QED) is 0.242. The van der Waals surface area contributed by atoms with E-state index in [-0.39, 0.29) is 13.2 Å². The summed E-state index contributed by atoms with van der Waals surface area (Å²) in [4.78, 5) is 9.62. The Kier molecular flexibility index (Phi) is 7.98. The molecular weight excluding hydrogens is 339 g/mol. The molecule has 12 heteroatoms. The van der Waals surface area contributed by atoms with Crippen LogP contribution in [0.1, 0.15) is 0 Å². The fourth-order valence-corrected chi connectivity index (χ4v) is 3.03. The summed E-state index contributed by atoms with van der Waals surface area (Å²) in [6, 6.07) is 0. The van der Waals surface area contributed by atoms with Gasteiger partial charge in [-0.2, -0.15) is 0 Å². The number of hydrogen-bond acceptors (Lipinski definition) is 10. The number of ether oxygens (including phenoxy) is 2. The minimum Gasteiger partial charge on any atom is -0.387 e. The Morgan fingerprint density at radius 3 is 1.83 bits per heavy atom. The molecule has 0 aromatic rings. The zero-order valence-corrected chi connectivity index (χ0v) is 13.5. The fourth-order valence-electron chi connectivity index (χ4n) is 2.05. The maximum absolute atomic E-state index is 11.9. The molecule has 2 unspecified atom stereocenters.